The zero-order valence-electron chi connectivity index (χ0n) is 12.8. The number of likely N-dealkylation sites (tertiary alicyclic amines) is 1. The Morgan fingerprint density at radius 2 is 2.05 bits per heavy atom. The van der Waals surface area contributed by atoms with Gasteiger partial charge in [0.1, 0.15) is 5.69 Å². The number of aryl methyl sites for hydroxylation is 2. The third-order valence-corrected chi connectivity index (χ3v) is 4.04. The maximum Gasteiger partial charge on any atom is 0.274 e. The lowest BCUT2D eigenvalue weighted by Crippen LogP contribution is -2.40. The number of nitrogens with zero attached hydrogens (tertiary/aromatic N) is 5. The molecule has 1 aliphatic heterocycles. The zero-order valence-corrected chi connectivity index (χ0v) is 12.8. The summed E-state index contributed by atoms with van der Waals surface area (Å²) in [6.45, 7) is 1.35. The molecular formula is C15H19N5O2. The third-order valence-electron chi connectivity index (χ3n) is 4.04. The van der Waals surface area contributed by atoms with Gasteiger partial charge in [-0.3, -0.25) is 14.3 Å². The SMILES string of the molecule is Cn1ccc([C@H]2CCCN(C(=O)c3ccc(=O)n(C)n3)C2)n1. The van der Waals surface area contributed by atoms with Crippen molar-refractivity contribution in [1.29, 1.82) is 0 Å². The maximum atomic E-state index is 12.6. The number of carbonyl (C=O) groups is 1. The molecule has 0 radical (unpaired) electrons. The molecule has 1 amide bonds. The Hall–Kier alpha value is -2.44. The fraction of sp³-hybridized carbons (Fsp3) is 0.467. The topological polar surface area (TPSA) is 73.0 Å². The summed E-state index contributed by atoms with van der Waals surface area (Å²) >= 11 is 0. The zero-order chi connectivity index (χ0) is 15.7. The Balaban J connectivity index is 1.77. The van der Waals surface area contributed by atoms with Crippen LogP contribution in [0.15, 0.2) is 29.2 Å². The van der Waals surface area contributed by atoms with Crippen LogP contribution in [0.4, 0.5) is 0 Å². The Morgan fingerprint density at radius 1 is 1.23 bits per heavy atom. The Bertz CT molecular complexity index is 748. The first-order valence-corrected chi connectivity index (χ1v) is 7.38. The molecule has 116 valence electrons. The molecule has 1 aliphatic rings. The smallest absolute Gasteiger partial charge is 0.274 e. The van der Waals surface area contributed by atoms with Gasteiger partial charge in [0.05, 0.1) is 5.69 Å². The molecule has 1 atom stereocenters. The number of rotatable bonds is 2. The van der Waals surface area contributed by atoms with E-state index in [1.165, 1.54) is 16.8 Å². The van der Waals surface area contributed by atoms with Crippen LogP contribution in [-0.4, -0.2) is 43.5 Å². The number of piperidine rings is 1. The lowest BCUT2D eigenvalue weighted by Gasteiger charge is -2.31. The number of hydrogen-bond acceptors (Lipinski definition) is 4. The van der Waals surface area contributed by atoms with Crippen molar-refractivity contribution in [3.63, 3.8) is 0 Å². The average Bonchev–Trinajstić information content (AvgIpc) is 2.96. The fourth-order valence-electron chi connectivity index (χ4n) is 2.83. The van der Waals surface area contributed by atoms with Crippen molar-refractivity contribution in [2.75, 3.05) is 13.1 Å². The van der Waals surface area contributed by atoms with Gasteiger partial charge in [-0.05, 0) is 25.0 Å². The Morgan fingerprint density at radius 3 is 2.73 bits per heavy atom. The molecule has 3 heterocycles. The third kappa shape index (κ3) is 2.79. The molecule has 0 bridgehead atoms. The molecule has 1 saturated heterocycles. The molecule has 0 aromatic carbocycles. The first-order chi connectivity index (χ1) is 10.5. The lowest BCUT2D eigenvalue weighted by molar-refractivity contribution is 0.0697. The van der Waals surface area contributed by atoms with E-state index >= 15 is 0 Å². The van der Waals surface area contributed by atoms with Gasteiger partial charge in [0, 0.05) is 45.4 Å². The van der Waals surface area contributed by atoms with Crippen molar-refractivity contribution >= 4 is 5.91 Å². The summed E-state index contributed by atoms with van der Waals surface area (Å²) in [6.07, 6.45) is 3.89. The van der Waals surface area contributed by atoms with Gasteiger partial charge in [0.2, 0.25) is 0 Å². The molecule has 2 aromatic heterocycles. The van der Waals surface area contributed by atoms with Gasteiger partial charge in [-0.15, -0.1) is 0 Å². The van der Waals surface area contributed by atoms with Crippen LogP contribution in [0.3, 0.4) is 0 Å². The molecule has 22 heavy (non-hydrogen) atoms. The van der Waals surface area contributed by atoms with Crippen LogP contribution in [-0.2, 0) is 14.1 Å². The second-order valence-electron chi connectivity index (χ2n) is 5.69. The highest BCUT2D eigenvalue weighted by atomic mass is 16.2. The van der Waals surface area contributed by atoms with E-state index < -0.39 is 0 Å². The summed E-state index contributed by atoms with van der Waals surface area (Å²) in [6, 6.07) is 4.87. The predicted molar refractivity (Wildman–Crippen MR) is 80.6 cm³/mol. The van der Waals surface area contributed by atoms with Crippen LogP contribution in [0.25, 0.3) is 0 Å². The molecule has 7 heteroatoms. The van der Waals surface area contributed by atoms with Crippen molar-refractivity contribution < 1.29 is 4.79 Å². The van der Waals surface area contributed by atoms with Crippen molar-refractivity contribution in [2.24, 2.45) is 14.1 Å². The summed E-state index contributed by atoms with van der Waals surface area (Å²) in [7, 11) is 3.44. The van der Waals surface area contributed by atoms with E-state index in [4.69, 9.17) is 0 Å². The quantitative estimate of drug-likeness (QED) is 0.811. The summed E-state index contributed by atoms with van der Waals surface area (Å²) < 4.78 is 2.97. The van der Waals surface area contributed by atoms with Gasteiger partial charge in [-0.25, -0.2) is 4.68 Å². The largest absolute Gasteiger partial charge is 0.337 e. The van der Waals surface area contributed by atoms with Gasteiger partial charge in [-0.1, -0.05) is 0 Å². The van der Waals surface area contributed by atoms with Crippen molar-refractivity contribution in [1.82, 2.24) is 24.5 Å². The Kier molecular flexibility index (Phi) is 3.79. The minimum Gasteiger partial charge on any atom is -0.337 e. The molecule has 2 aromatic rings. The minimum absolute atomic E-state index is 0.128. The van der Waals surface area contributed by atoms with Crippen molar-refractivity contribution in [3.05, 3.63) is 46.1 Å². The minimum atomic E-state index is -0.221. The molecule has 3 rings (SSSR count). The number of hydrogen-bond donors (Lipinski definition) is 0. The maximum absolute atomic E-state index is 12.6. The summed E-state index contributed by atoms with van der Waals surface area (Å²) in [5, 5.41) is 8.49. The molecule has 0 aliphatic carbocycles. The normalized spacial score (nSPS) is 18.5. The van der Waals surface area contributed by atoms with E-state index in [1.807, 2.05) is 19.3 Å². The van der Waals surface area contributed by atoms with Crippen LogP contribution in [0.1, 0.15) is 34.9 Å². The molecule has 0 N–H and O–H groups in total. The van der Waals surface area contributed by atoms with Crippen molar-refractivity contribution in [2.45, 2.75) is 18.8 Å². The van der Waals surface area contributed by atoms with Crippen LogP contribution >= 0.6 is 0 Å². The summed E-state index contributed by atoms with van der Waals surface area (Å²) in [5.74, 6) is 0.127. The fourth-order valence-corrected chi connectivity index (χ4v) is 2.83. The van der Waals surface area contributed by atoms with E-state index in [2.05, 4.69) is 10.2 Å². The molecule has 0 unspecified atom stereocenters. The van der Waals surface area contributed by atoms with Gasteiger partial charge in [0.25, 0.3) is 11.5 Å². The van der Waals surface area contributed by atoms with E-state index in [0.29, 0.717) is 18.8 Å². The molecule has 0 saturated carbocycles. The first-order valence-electron chi connectivity index (χ1n) is 7.38. The van der Waals surface area contributed by atoms with Crippen LogP contribution in [0.2, 0.25) is 0 Å². The van der Waals surface area contributed by atoms with Crippen LogP contribution in [0, 0.1) is 0 Å². The second kappa shape index (κ2) is 5.75. The van der Waals surface area contributed by atoms with E-state index in [1.54, 1.807) is 16.6 Å². The lowest BCUT2D eigenvalue weighted by atomic mass is 9.95. The molecule has 0 spiro atoms. The molecule has 1 fully saturated rings. The highest BCUT2D eigenvalue weighted by Crippen LogP contribution is 2.26. The van der Waals surface area contributed by atoms with E-state index in [0.717, 1.165) is 18.5 Å². The molecular weight excluding hydrogens is 282 g/mol. The number of carbonyl (C=O) groups excluding carboxylic acids is 1. The van der Waals surface area contributed by atoms with Crippen molar-refractivity contribution in [3.8, 4) is 0 Å². The standard InChI is InChI=1S/C15H19N5O2/c1-18-9-7-12(16-18)11-4-3-8-20(10-11)15(22)13-5-6-14(21)19(2)17-13/h5-7,9,11H,3-4,8,10H2,1-2H3/t11-/m0/s1. The number of amides is 1. The van der Waals surface area contributed by atoms with Gasteiger partial charge < -0.3 is 4.90 Å². The number of aromatic nitrogens is 4. The summed E-state index contributed by atoms with van der Waals surface area (Å²) in [5.41, 5.74) is 1.11. The average molecular weight is 301 g/mol. The Labute approximate surface area is 128 Å². The van der Waals surface area contributed by atoms with Gasteiger partial charge in [-0.2, -0.15) is 10.2 Å². The highest BCUT2D eigenvalue weighted by Gasteiger charge is 2.27. The summed E-state index contributed by atoms with van der Waals surface area (Å²) in [4.78, 5) is 25.7. The van der Waals surface area contributed by atoms with Crippen LogP contribution in [0.5, 0.6) is 0 Å². The van der Waals surface area contributed by atoms with Gasteiger partial charge >= 0.3 is 0 Å². The van der Waals surface area contributed by atoms with E-state index in [9.17, 15) is 9.59 Å². The first kappa shape index (κ1) is 14.5. The predicted octanol–water partition coefficient (Wildman–Crippen LogP) is 0.534. The van der Waals surface area contributed by atoms with Gasteiger partial charge in [0.15, 0.2) is 0 Å². The van der Waals surface area contributed by atoms with E-state index in [-0.39, 0.29) is 17.4 Å². The molecule has 7 nitrogen and oxygen atoms in total. The second-order valence-corrected chi connectivity index (χ2v) is 5.69. The van der Waals surface area contributed by atoms with Crippen LogP contribution < -0.4 is 5.56 Å². The highest BCUT2D eigenvalue weighted by molar-refractivity contribution is 5.92. The monoisotopic (exact) mass is 301 g/mol.